The second-order valence-corrected chi connectivity index (χ2v) is 4.54. The van der Waals surface area contributed by atoms with Gasteiger partial charge in [-0.15, -0.1) is 0 Å². The minimum absolute atomic E-state index is 0.194. The summed E-state index contributed by atoms with van der Waals surface area (Å²) in [5.74, 6) is 1.28. The Kier molecular flexibility index (Phi) is 2.63. The lowest BCUT2D eigenvalue weighted by Crippen LogP contribution is -1.96. The van der Waals surface area contributed by atoms with Crippen LogP contribution in [-0.2, 0) is 0 Å². The fourth-order valence-corrected chi connectivity index (χ4v) is 2.59. The van der Waals surface area contributed by atoms with Gasteiger partial charge in [0, 0.05) is 17.9 Å². The van der Waals surface area contributed by atoms with Crippen LogP contribution in [0.25, 0.3) is 0 Å². The first kappa shape index (κ1) is 11.0. The van der Waals surface area contributed by atoms with Crippen LogP contribution in [0.1, 0.15) is 33.8 Å². The molecule has 0 amide bonds. The van der Waals surface area contributed by atoms with Crippen molar-refractivity contribution in [2.45, 2.75) is 12.3 Å². The zero-order valence-electron chi connectivity index (χ0n) is 10.2. The van der Waals surface area contributed by atoms with Crippen LogP contribution < -0.4 is 4.74 Å². The van der Waals surface area contributed by atoms with E-state index >= 15 is 0 Å². The van der Waals surface area contributed by atoms with E-state index in [1.165, 1.54) is 5.56 Å². The van der Waals surface area contributed by atoms with Gasteiger partial charge in [-0.3, -0.25) is 4.79 Å². The van der Waals surface area contributed by atoms with Crippen LogP contribution in [0.4, 0.5) is 0 Å². The van der Waals surface area contributed by atoms with E-state index in [4.69, 9.17) is 4.74 Å². The fourth-order valence-electron chi connectivity index (χ4n) is 2.59. The Bertz CT molecular complexity index is 584. The van der Waals surface area contributed by atoms with Crippen LogP contribution in [0.15, 0.2) is 48.5 Å². The first-order valence-corrected chi connectivity index (χ1v) is 6.05. The van der Waals surface area contributed by atoms with Gasteiger partial charge in [0.15, 0.2) is 5.78 Å². The van der Waals surface area contributed by atoms with E-state index in [2.05, 4.69) is 6.07 Å². The summed E-state index contributed by atoms with van der Waals surface area (Å²) in [4.78, 5) is 11.9. The summed E-state index contributed by atoms with van der Waals surface area (Å²) >= 11 is 0. The van der Waals surface area contributed by atoms with Crippen molar-refractivity contribution in [1.82, 2.24) is 0 Å². The van der Waals surface area contributed by atoms with Gasteiger partial charge in [0.2, 0.25) is 0 Å². The van der Waals surface area contributed by atoms with E-state index in [1.54, 1.807) is 7.11 Å². The third-order valence-corrected chi connectivity index (χ3v) is 3.54. The summed E-state index contributed by atoms with van der Waals surface area (Å²) < 4.78 is 5.16. The van der Waals surface area contributed by atoms with E-state index in [-0.39, 0.29) is 11.7 Å². The molecule has 1 aliphatic rings. The molecule has 0 heterocycles. The van der Waals surface area contributed by atoms with E-state index in [0.717, 1.165) is 16.9 Å². The van der Waals surface area contributed by atoms with Gasteiger partial charge in [-0.05, 0) is 23.3 Å². The molecule has 2 aromatic rings. The maximum absolute atomic E-state index is 11.9. The maximum atomic E-state index is 11.9. The fraction of sp³-hybridized carbons (Fsp3) is 0.188. The molecule has 0 fully saturated rings. The molecule has 0 aliphatic heterocycles. The van der Waals surface area contributed by atoms with Crippen LogP contribution in [0.5, 0.6) is 5.75 Å². The molecule has 2 heteroatoms. The molecule has 0 radical (unpaired) electrons. The lowest BCUT2D eigenvalue weighted by atomic mass is 9.93. The molecular formula is C16H14O2. The number of Topliss-reactive ketones (excluding diaryl/α,β-unsaturated/α-hetero) is 1. The van der Waals surface area contributed by atoms with Gasteiger partial charge in [-0.25, -0.2) is 0 Å². The molecule has 0 bridgehead atoms. The number of fused-ring (bicyclic) bond motifs is 1. The maximum Gasteiger partial charge on any atom is 0.164 e. The second-order valence-electron chi connectivity index (χ2n) is 4.54. The average molecular weight is 238 g/mol. The monoisotopic (exact) mass is 238 g/mol. The van der Waals surface area contributed by atoms with E-state index in [0.29, 0.717) is 6.42 Å². The van der Waals surface area contributed by atoms with Crippen molar-refractivity contribution in [2.75, 3.05) is 7.11 Å². The molecule has 90 valence electrons. The standard InChI is InChI=1S/C16H14O2/c1-18-12-8-6-11(7-9-12)15-10-16(17)14-5-3-2-4-13(14)15/h2-9,15H,10H2,1H3/t15-/m0/s1. The molecule has 1 atom stereocenters. The summed E-state index contributed by atoms with van der Waals surface area (Å²) in [6, 6.07) is 15.9. The number of hydrogen-bond donors (Lipinski definition) is 0. The molecule has 0 spiro atoms. The van der Waals surface area contributed by atoms with E-state index in [1.807, 2.05) is 42.5 Å². The molecule has 0 saturated heterocycles. The van der Waals surface area contributed by atoms with Crippen LogP contribution in [0.3, 0.4) is 0 Å². The Morgan fingerprint density at radius 3 is 2.50 bits per heavy atom. The lowest BCUT2D eigenvalue weighted by molar-refractivity contribution is 0.0991. The summed E-state index contributed by atoms with van der Waals surface area (Å²) in [7, 11) is 1.66. The van der Waals surface area contributed by atoms with Gasteiger partial charge < -0.3 is 4.74 Å². The third-order valence-electron chi connectivity index (χ3n) is 3.54. The van der Waals surface area contributed by atoms with Gasteiger partial charge in [0.05, 0.1) is 7.11 Å². The zero-order valence-corrected chi connectivity index (χ0v) is 10.2. The number of methoxy groups -OCH3 is 1. The largest absolute Gasteiger partial charge is 0.497 e. The molecule has 1 aliphatic carbocycles. The minimum Gasteiger partial charge on any atom is -0.497 e. The number of ketones is 1. The van der Waals surface area contributed by atoms with Crippen molar-refractivity contribution >= 4 is 5.78 Å². The van der Waals surface area contributed by atoms with Gasteiger partial charge in [-0.2, -0.15) is 0 Å². The van der Waals surface area contributed by atoms with Gasteiger partial charge in [-0.1, -0.05) is 36.4 Å². The number of ether oxygens (including phenoxy) is 1. The van der Waals surface area contributed by atoms with Gasteiger partial charge >= 0.3 is 0 Å². The summed E-state index contributed by atoms with van der Waals surface area (Å²) in [5.41, 5.74) is 3.19. The predicted molar refractivity (Wildman–Crippen MR) is 70.2 cm³/mol. The highest BCUT2D eigenvalue weighted by Crippen LogP contribution is 2.38. The number of hydrogen-bond acceptors (Lipinski definition) is 2. The van der Waals surface area contributed by atoms with Crippen LogP contribution in [0, 0.1) is 0 Å². The molecule has 0 saturated carbocycles. The Morgan fingerprint density at radius 2 is 1.78 bits per heavy atom. The number of carbonyl (C=O) groups is 1. The summed E-state index contributed by atoms with van der Waals surface area (Å²) in [5, 5.41) is 0. The molecule has 18 heavy (non-hydrogen) atoms. The molecule has 2 nitrogen and oxygen atoms in total. The normalized spacial score (nSPS) is 17.6. The highest BCUT2D eigenvalue weighted by Gasteiger charge is 2.29. The van der Waals surface area contributed by atoms with Crippen molar-refractivity contribution in [2.24, 2.45) is 0 Å². The lowest BCUT2D eigenvalue weighted by Gasteiger charge is -2.11. The number of rotatable bonds is 2. The van der Waals surface area contributed by atoms with Gasteiger partial charge in [0.1, 0.15) is 5.75 Å². The van der Waals surface area contributed by atoms with Crippen LogP contribution >= 0.6 is 0 Å². The molecule has 0 aromatic heterocycles. The molecule has 3 rings (SSSR count). The highest BCUT2D eigenvalue weighted by atomic mass is 16.5. The highest BCUT2D eigenvalue weighted by molar-refractivity contribution is 6.01. The van der Waals surface area contributed by atoms with Crippen molar-refractivity contribution in [3.8, 4) is 5.75 Å². The van der Waals surface area contributed by atoms with Gasteiger partial charge in [0.25, 0.3) is 0 Å². The quantitative estimate of drug-likeness (QED) is 0.801. The SMILES string of the molecule is COc1ccc([C@@H]2CC(=O)c3ccccc32)cc1. The first-order valence-electron chi connectivity index (χ1n) is 6.05. The minimum atomic E-state index is 0.194. The smallest absolute Gasteiger partial charge is 0.164 e. The summed E-state index contributed by atoms with van der Waals surface area (Å²) in [6.07, 6.45) is 0.575. The molecule has 2 aromatic carbocycles. The first-order chi connectivity index (χ1) is 8.79. The Balaban J connectivity index is 2.01. The molecule has 0 N–H and O–H groups in total. The van der Waals surface area contributed by atoms with Crippen LogP contribution in [0.2, 0.25) is 0 Å². The molecular weight excluding hydrogens is 224 g/mol. The van der Waals surface area contributed by atoms with E-state index in [9.17, 15) is 4.79 Å². The van der Waals surface area contributed by atoms with Crippen molar-refractivity contribution in [3.05, 3.63) is 65.2 Å². The Hall–Kier alpha value is -2.09. The van der Waals surface area contributed by atoms with Crippen molar-refractivity contribution in [1.29, 1.82) is 0 Å². The third kappa shape index (κ3) is 1.70. The molecule has 0 unspecified atom stereocenters. The second kappa shape index (κ2) is 4.30. The van der Waals surface area contributed by atoms with Crippen molar-refractivity contribution < 1.29 is 9.53 Å². The van der Waals surface area contributed by atoms with Crippen LogP contribution in [-0.4, -0.2) is 12.9 Å². The number of benzene rings is 2. The Morgan fingerprint density at radius 1 is 1.06 bits per heavy atom. The number of carbonyl (C=O) groups excluding carboxylic acids is 1. The summed E-state index contributed by atoms with van der Waals surface area (Å²) in [6.45, 7) is 0. The average Bonchev–Trinajstić information content (AvgIpc) is 2.77. The predicted octanol–water partition coefficient (Wildman–Crippen LogP) is 3.41. The Labute approximate surface area is 106 Å². The topological polar surface area (TPSA) is 26.3 Å². The van der Waals surface area contributed by atoms with E-state index < -0.39 is 0 Å². The zero-order chi connectivity index (χ0) is 12.5. The van der Waals surface area contributed by atoms with Crippen molar-refractivity contribution in [3.63, 3.8) is 0 Å².